The first-order valence-corrected chi connectivity index (χ1v) is 5.94. The molecule has 0 bridgehead atoms. The molecule has 0 spiro atoms. The van der Waals surface area contributed by atoms with Gasteiger partial charge in [-0.05, 0) is 30.5 Å². The average Bonchev–Trinajstić information content (AvgIpc) is 2.65. The Bertz CT molecular complexity index is 358. The molecule has 0 saturated heterocycles. The van der Waals surface area contributed by atoms with Gasteiger partial charge < -0.3 is 5.11 Å². The van der Waals surface area contributed by atoms with E-state index in [0.29, 0.717) is 6.42 Å². The molecule has 0 unspecified atom stereocenters. The molecule has 1 fully saturated rings. The molecule has 0 heterocycles. The zero-order valence-corrected chi connectivity index (χ0v) is 9.90. The number of carbonyl (C=O) groups excluding carboxylic acids is 1. The Hall–Kier alpha value is -0.670. The molecule has 1 saturated carbocycles. The largest absolute Gasteiger partial charge is 0.388 e. The summed E-state index contributed by atoms with van der Waals surface area (Å²) < 4.78 is 0.983. The van der Waals surface area contributed by atoms with Crippen molar-refractivity contribution >= 4 is 21.7 Å². The number of rotatable bonds is 2. The molecule has 1 N–H and O–H groups in total. The summed E-state index contributed by atoms with van der Waals surface area (Å²) in [6, 6.07) is 7.50. The maximum atomic E-state index is 11.5. The summed E-state index contributed by atoms with van der Waals surface area (Å²) in [5, 5.41) is 10.0. The Morgan fingerprint density at radius 3 is 2.53 bits per heavy atom. The lowest BCUT2D eigenvalue weighted by atomic mass is 9.94. The molecule has 1 aliphatic rings. The Balaban J connectivity index is 2.16. The highest BCUT2D eigenvalue weighted by atomic mass is 79.9. The summed E-state index contributed by atoms with van der Waals surface area (Å²) >= 11 is 3.34. The fraction of sp³-hybridized carbons (Fsp3) is 0.417. The molecule has 80 valence electrons. The molecule has 15 heavy (non-hydrogen) atoms. The Labute approximate surface area is 97.4 Å². The molecule has 1 aromatic carbocycles. The van der Waals surface area contributed by atoms with Gasteiger partial charge in [-0.25, -0.2) is 0 Å². The number of aliphatic hydroxyl groups is 1. The van der Waals surface area contributed by atoms with Gasteiger partial charge >= 0.3 is 0 Å². The van der Waals surface area contributed by atoms with Crippen molar-refractivity contribution in [1.29, 1.82) is 0 Å². The fourth-order valence-electron chi connectivity index (χ4n) is 2.07. The zero-order valence-electron chi connectivity index (χ0n) is 8.32. The molecule has 0 aliphatic heterocycles. The molecule has 0 amide bonds. The topological polar surface area (TPSA) is 37.3 Å². The summed E-state index contributed by atoms with van der Waals surface area (Å²) in [5.74, 6) is 0.0107. The van der Waals surface area contributed by atoms with Crippen molar-refractivity contribution in [3.8, 4) is 0 Å². The monoisotopic (exact) mass is 268 g/mol. The van der Waals surface area contributed by atoms with Crippen LogP contribution in [0.3, 0.4) is 0 Å². The lowest BCUT2D eigenvalue weighted by Gasteiger charge is -2.16. The van der Waals surface area contributed by atoms with Crippen LogP contribution in [-0.2, 0) is 4.79 Å². The molecule has 1 aromatic rings. The van der Waals surface area contributed by atoms with Gasteiger partial charge in [0, 0.05) is 16.8 Å². The van der Waals surface area contributed by atoms with Crippen molar-refractivity contribution < 1.29 is 9.90 Å². The summed E-state index contributed by atoms with van der Waals surface area (Å²) in [4.78, 5) is 11.5. The second-order valence-corrected chi connectivity index (χ2v) is 4.88. The minimum absolute atomic E-state index is 0.189. The van der Waals surface area contributed by atoms with E-state index in [1.165, 1.54) is 0 Å². The zero-order chi connectivity index (χ0) is 10.8. The molecule has 0 aromatic heterocycles. The van der Waals surface area contributed by atoms with E-state index in [0.717, 1.165) is 22.9 Å². The Kier molecular flexibility index (Phi) is 3.22. The van der Waals surface area contributed by atoms with Crippen LogP contribution in [0.5, 0.6) is 0 Å². The van der Waals surface area contributed by atoms with E-state index >= 15 is 0 Å². The smallest absolute Gasteiger partial charge is 0.138 e. The predicted octanol–water partition coefficient (Wildman–Crippen LogP) is 2.85. The summed E-state index contributed by atoms with van der Waals surface area (Å²) in [6.07, 6.45) is 1.72. The highest BCUT2D eigenvalue weighted by Crippen LogP contribution is 2.33. The van der Waals surface area contributed by atoms with E-state index in [1.807, 2.05) is 24.3 Å². The van der Waals surface area contributed by atoms with Crippen LogP contribution in [0.15, 0.2) is 28.7 Å². The molecule has 2 atom stereocenters. The van der Waals surface area contributed by atoms with Crippen molar-refractivity contribution in [2.24, 2.45) is 5.92 Å². The second-order valence-electron chi connectivity index (χ2n) is 3.96. The fourth-order valence-corrected chi connectivity index (χ4v) is 2.33. The maximum absolute atomic E-state index is 11.5. The third-order valence-electron chi connectivity index (χ3n) is 2.94. The number of hydrogen-bond donors (Lipinski definition) is 1. The summed E-state index contributed by atoms with van der Waals surface area (Å²) in [5.41, 5.74) is 0.832. The van der Waals surface area contributed by atoms with Gasteiger partial charge in [0.15, 0.2) is 0 Å². The number of aliphatic hydroxyl groups excluding tert-OH is 1. The second kappa shape index (κ2) is 4.45. The van der Waals surface area contributed by atoms with E-state index < -0.39 is 6.10 Å². The highest BCUT2D eigenvalue weighted by Gasteiger charge is 2.31. The third-order valence-corrected chi connectivity index (χ3v) is 3.47. The van der Waals surface area contributed by atoms with Crippen LogP contribution in [0.25, 0.3) is 0 Å². The molecule has 3 heteroatoms. The predicted molar refractivity (Wildman–Crippen MR) is 61.4 cm³/mol. The lowest BCUT2D eigenvalue weighted by Crippen LogP contribution is -2.16. The highest BCUT2D eigenvalue weighted by molar-refractivity contribution is 9.10. The first kappa shape index (κ1) is 10.8. The average molecular weight is 269 g/mol. The molecule has 1 aliphatic carbocycles. The number of halogens is 1. The van der Waals surface area contributed by atoms with Crippen LogP contribution in [0.2, 0.25) is 0 Å². The van der Waals surface area contributed by atoms with Crippen molar-refractivity contribution in [3.63, 3.8) is 0 Å². The summed E-state index contributed by atoms with van der Waals surface area (Å²) in [6.45, 7) is 0. The van der Waals surface area contributed by atoms with Gasteiger partial charge in [-0.3, -0.25) is 4.79 Å². The molecule has 0 radical (unpaired) electrons. The molecular weight excluding hydrogens is 256 g/mol. The summed E-state index contributed by atoms with van der Waals surface area (Å²) in [7, 11) is 0. The minimum atomic E-state index is -0.631. The molecular formula is C12H13BrO2. The van der Waals surface area contributed by atoms with Crippen molar-refractivity contribution in [1.82, 2.24) is 0 Å². The van der Waals surface area contributed by atoms with Gasteiger partial charge in [-0.2, -0.15) is 0 Å². The van der Waals surface area contributed by atoms with Crippen molar-refractivity contribution in [3.05, 3.63) is 34.3 Å². The number of hydrogen-bond acceptors (Lipinski definition) is 2. The van der Waals surface area contributed by atoms with Gasteiger partial charge in [0.25, 0.3) is 0 Å². The van der Waals surface area contributed by atoms with Gasteiger partial charge in [0.05, 0.1) is 6.10 Å². The van der Waals surface area contributed by atoms with Crippen molar-refractivity contribution in [2.45, 2.75) is 25.4 Å². The SMILES string of the molecule is O=C1CCC[C@@H]1[C@@H](O)c1ccc(Br)cc1. The van der Waals surface area contributed by atoms with Gasteiger partial charge in [0.2, 0.25) is 0 Å². The quantitative estimate of drug-likeness (QED) is 0.896. The third kappa shape index (κ3) is 2.29. The first-order chi connectivity index (χ1) is 7.18. The van der Waals surface area contributed by atoms with E-state index in [4.69, 9.17) is 0 Å². The van der Waals surface area contributed by atoms with Gasteiger partial charge in [-0.15, -0.1) is 0 Å². The standard InChI is InChI=1S/C12H13BrO2/c13-9-6-4-8(5-7-9)12(15)10-2-1-3-11(10)14/h4-7,10,12,15H,1-3H2/t10-,12-/m0/s1. The first-order valence-electron chi connectivity index (χ1n) is 5.15. The Morgan fingerprint density at radius 1 is 1.33 bits per heavy atom. The van der Waals surface area contributed by atoms with Crippen LogP contribution in [-0.4, -0.2) is 10.9 Å². The van der Waals surface area contributed by atoms with Crippen LogP contribution in [0, 0.1) is 5.92 Å². The van der Waals surface area contributed by atoms with Crippen LogP contribution < -0.4 is 0 Å². The number of benzene rings is 1. The molecule has 2 nitrogen and oxygen atoms in total. The van der Waals surface area contributed by atoms with Gasteiger partial charge in [0.1, 0.15) is 5.78 Å². The van der Waals surface area contributed by atoms with Crippen LogP contribution in [0.4, 0.5) is 0 Å². The minimum Gasteiger partial charge on any atom is -0.388 e. The number of Topliss-reactive ketones (excluding diaryl/α,β-unsaturated/α-hetero) is 1. The van der Waals surface area contributed by atoms with E-state index in [1.54, 1.807) is 0 Å². The van der Waals surface area contributed by atoms with E-state index in [2.05, 4.69) is 15.9 Å². The number of ketones is 1. The maximum Gasteiger partial charge on any atom is 0.138 e. The molecule has 2 rings (SSSR count). The van der Waals surface area contributed by atoms with Crippen LogP contribution >= 0.6 is 15.9 Å². The normalized spacial score (nSPS) is 23.1. The lowest BCUT2D eigenvalue weighted by molar-refractivity contribution is -0.123. The van der Waals surface area contributed by atoms with E-state index in [-0.39, 0.29) is 11.7 Å². The van der Waals surface area contributed by atoms with E-state index in [9.17, 15) is 9.90 Å². The van der Waals surface area contributed by atoms with Crippen LogP contribution in [0.1, 0.15) is 30.9 Å². The van der Waals surface area contributed by atoms with Crippen molar-refractivity contribution in [2.75, 3.05) is 0 Å². The van der Waals surface area contributed by atoms with Gasteiger partial charge in [-0.1, -0.05) is 28.1 Å². The Morgan fingerprint density at radius 2 is 2.00 bits per heavy atom. The number of carbonyl (C=O) groups is 1.